The lowest BCUT2D eigenvalue weighted by molar-refractivity contribution is 0.0599. The third-order valence-corrected chi connectivity index (χ3v) is 1.63. The monoisotopic (exact) mass is 192 g/mol. The molecule has 0 spiro atoms. The second-order valence-electron chi connectivity index (χ2n) is 2.35. The van der Waals surface area contributed by atoms with Crippen molar-refractivity contribution in [1.29, 1.82) is 5.26 Å². The molecule has 5 nitrogen and oxygen atoms in total. The fourth-order valence-corrected chi connectivity index (χ4v) is 0.985. The van der Waals surface area contributed by atoms with Gasteiger partial charge in [0, 0.05) is 6.20 Å². The number of rotatable bonds is 2. The number of ether oxygens (including phenoxy) is 2. The van der Waals surface area contributed by atoms with Crippen molar-refractivity contribution in [2.75, 3.05) is 14.2 Å². The summed E-state index contributed by atoms with van der Waals surface area (Å²) in [7, 11) is 2.63. The van der Waals surface area contributed by atoms with Crippen LogP contribution in [0.3, 0.4) is 0 Å². The van der Waals surface area contributed by atoms with Gasteiger partial charge in [0.2, 0.25) is 5.88 Å². The number of nitrogens with zero attached hydrogens (tertiary/aromatic N) is 2. The van der Waals surface area contributed by atoms with Crippen molar-refractivity contribution in [1.82, 2.24) is 4.98 Å². The largest absolute Gasteiger partial charge is 0.480 e. The smallest absolute Gasteiger partial charge is 0.339 e. The number of hydrogen-bond acceptors (Lipinski definition) is 5. The van der Waals surface area contributed by atoms with E-state index in [9.17, 15) is 4.79 Å². The molecule has 1 rings (SSSR count). The molecule has 0 aromatic carbocycles. The third kappa shape index (κ3) is 1.64. The topological polar surface area (TPSA) is 72.2 Å². The Morgan fingerprint density at radius 2 is 2.29 bits per heavy atom. The highest BCUT2D eigenvalue weighted by Gasteiger charge is 2.16. The molecule has 5 heteroatoms. The van der Waals surface area contributed by atoms with E-state index in [1.807, 2.05) is 6.07 Å². The number of aromatic nitrogens is 1. The van der Waals surface area contributed by atoms with Gasteiger partial charge in [-0.25, -0.2) is 9.78 Å². The molecule has 0 aliphatic rings. The lowest BCUT2D eigenvalue weighted by atomic mass is 10.1. The minimum Gasteiger partial charge on any atom is -0.480 e. The van der Waals surface area contributed by atoms with E-state index in [0.29, 0.717) is 0 Å². The molecule has 0 unspecified atom stereocenters. The summed E-state index contributed by atoms with van der Waals surface area (Å²) in [4.78, 5) is 15.0. The van der Waals surface area contributed by atoms with Crippen LogP contribution in [0.1, 0.15) is 15.9 Å². The van der Waals surface area contributed by atoms with Crippen LogP contribution in [0, 0.1) is 11.3 Å². The first kappa shape index (κ1) is 9.99. The van der Waals surface area contributed by atoms with Crippen LogP contribution in [0.15, 0.2) is 12.3 Å². The predicted octanol–water partition coefficient (Wildman–Crippen LogP) is 0.748. The number of hydrogen-bond donors (Lipinski definition) is 0. The maximum atomic E-state index is 11.2. The summed E-state index contributed by atoms with van der Waals surface area (Å²) in [6, 6.07) is 3.25. The first-order valence-electron chi connectivity index (χ1n) is 3.76. The Morgan fingerprint density at radius 1 is 1.57 bits per heavy atom. The SMILES string of the molecule is COC(=O)c1ccnc(OC)c1C#N. The molecule has 1 heterocycles. The molecule has 1 aromatic heterocycles. The molecule has 0 saturated carbocycles. The van der Waals surface area contributed by atoms with Crippen LogP contribution >= 0.6 is 0 Å². The Hall–Kier alpha value is -2.09. The van der Waals surface area contributed by atoms with Crippen LogP contribution in [0.4, 0.5) is 0 Å². The Morgan fingerprint density at radius 3 is 2.79 bits per heavy atom. The Bertz CT molecular complexity index is 396. The fourth-order valence-electron chi connectivity index (χ4n) is 0.985. The van der Waals surface area contributed by atoms with Crippen molar-refractivity contribution >= 4 is 5.97 Å². The number of carbonyl (C=O) groups excluding carboxylic acids is 1. The molecule has 0 bridgehead atoms. The maximum absolute atomic E-state index is 11.2. The van der Waals surface area contributed by atoms with Crippen LogP contribution < -0.4 is 4.74 Å². The van der Waals surface area contributed by atoms with E-state index < -0.39 is 5.97 Å². The molecule has 72 valence electrons. The van der Waals surface area contributed by atoms with Crippen molar-refractivity contribution in [3.8, 4) is 11.9 Å². The lowest BCUT2D eigenvalue weighted by Gasteiger charge is -2.04. The van der Waals surface area contributed by atoms with E-state index in [1.165, 1.54) is 26.5 Å². The summed E-state index contributed by atoms with van der Waals surface area (Å²) in [6.45, 7) is 0. The van der Waals surface area contributed by atoms with Crippen molar-refractivity contribution in [3.05, 3.63) is 23.4 Å². The highest BCUT2D eigenvalue weighted by molar-refractivity contribution is 5.92. The number of methoxy groups -OCH3 is 2. The normalized spacial score (nSPS) is 8.93. The molecule has 1 aromatic rings. The van der Waals surface area contributed by atoms with Crippen LogP contribution in [0.5, 0.6) is 5.88 Å². The molecule has 0 amide bonds. The highest BCUT2D eigenvalue weighted by Crippen LogP contribution is 2.18. The first-order chi connectivity index (χ1) is 6.74. The van der Waals surface area contributed by atoms with Gasteiger partial charge in [-0.2, -0.15) is 5.26 Å². The van der Waals surface area contributed by atoms with Gasteiger partial charge in [-0.3, -0.25) is 0 Å². The van der Waals surface area contributed by atoms with Gasteiger partial charge in [0.1, 0.15) is 11.6 Å². The standard InChI is InChI=1S/C9H8N2O3/c1-13-8-7(5-10)6(3-4-11-8)9(12)14-2/h3-4H,1-2H3. The van der Waals surface area contributed by atoms with E-state index in [0.717, 1.165) is 0 Å². The maximum Gasteiger partial charge on any atom is 0.339 e. The summed E-state index contributed by atoms with van der Waals surface area (Å²) in [6.07, 6.45) is 1.38. The molecule has 14 heavy (non-hydrogen) atoms. The van der Waals surface area contributed by atoms with Crippen molar-refractivity contribution in [2.24, 2.45) is 0 Å². The quantitative estimate of drug-likeness (QED) is 0.646. The predicted molar refractivity (Wildman–Crippen MR) is 46.8 cm³/mol. The number of pyridine rings is 1. The lowest BCUT2D eigenvalue weighted by Crippen LogP contribution is -2.06. The zero-order valence-electron chi connectivity index (χ0n) is 7.77. The minimum absolute atomic E-state index is 0.0850. The molecule has 0 atom stereocenters. The summed E-state index contributed by atoms with van der Waals surface area (Å²) in [5.74, 6) is -0.461. The van der Waals surface area contributed by atoms with E-state index in [4.69, 9.17) is 10.00 Å². The zero-order valence-corrected chi connectivity index (χ0v) is 7.77. The van der Waals surface area contributed by atoms with Gasteiger partial charge in [-0.05, 0) is 6.07 Å². The highest BCUT2D eigenvalue weighted by atomic mass is 16.5. The Kier molecular flexibility index (Phi) is 3.02. The van der Waals surface area contributed by atoms with Gasteiger partial charge in [-0.15, -0.1) is 0 Å². The second-order valence-corrected chi connectivity index (χ2v) is 2.35. The van der Waals surface area contributed by atoms with Gasteiger partial charge in [0.05, 0.1) is 19.8 Å². The summed E-state index contributed by atoms with van der Waals surface area (Å²) in [5.41, 5.74) is 0.240. The van der Waals surface area contributed by atoms with Crippen LogP contribution in [-0.2, 0) is 4.74 Å². The van der Waals surface area contributed by atoms with Gasteiger partial charge >= 0.3 is 5.97 Å². The summed E-state index contributed by atoms with van der Waals surface area (Å²) < 4.78 is 9.34. The first-order valence-corrected chi connectivity index (χ1v) is 3.76. The van der Waals surface area contributed by atoms with E-state index in [2.05, 4.69) is 9.72 Å². The summed E-state index contributed by atoms with van der Waals surface area (Å²) >= 11 is 0. The molecule has 0 aliphatic heterocycles. The van der Waals surface area contributed by atoms with Crippen molar-refractivity contribution in [2.45, 2.75) is 0 Å². The summed E-state index contributed by atoms with van der Waals surface area (Å²) in [5, 5.41) is 8.80. The Balaban J connectivity index is 3.31. The molecule has 0 saturated heterocycles. The van der Waals surface area contributed by atoms with Gasteiger partial charge in [0.15, 0.2) is 0 Å². The van der Waals surface area contributed by atoms with Crippen molar-refractivity contribution in [3.63, 3.8) is 0 Å². The van der Waals surface area contributed by atoms with E-state index >= 15 is 0 Å². The second kappa shape index (κ2) is 4.23. The van der Waals surface area contributed by atoms with Gasteiger partial charge in [0.25, 0.3) is 0 Å². The fraction of sp³-hybridized carbons (Fsp3) is 0.222. The third-order valence-electron chi connectivity index (χ3n) is 1.63. The average Bonchev–Trinajstić information content (AvgIpc) is 2.26. The number of carbonyl (C=O) groups is 1. The average molecular weight is 192 g/mol. The molecule has 0 aliphatic carbocycles. The van der Waals surface area contributed by atoms with Crippen molar-refractivity contribution < 1.29 is 14.3 Å². The molecular formula is C9H8N2O3. The van der Waals surface area contributed by atoms with Crippen LogP contribution in [0.2, 0.25) is 0 Å². The van der Waals surface area contributed by atoms with E-state index in [-0.39, 0.29) is 17.0 Å². The van der Waals surface area contributed by atoms with Crippen LogP contribution in [-0.4, -0.2) is 25.2 Å². The molecule has 0 N–H and O–H groups in total. The van der Waals surface area contributed by atoms with Crippen LogP contribution in [0.25, 0.3) is 0 Å². The number of nitriles is 1. The molecule has 0 fully saturated rings. The molecular weight excluding hydrogens is 184 g/mol. The Labute approximate surface area is 80.9 Å². The van der Waals surface area contributed by atoms with E-state index in [1.54, 1.807) is 0 Å². The zero-order chi connectivity index (χ0) is 10.6. The molecule has 0 radical (unpaired) electrons. The van der Waals surface area contributed by atoms with Gasteiger partial charge < -0.3 is 9.47 Å². The minimum atomic E-state index is -0.581. The number of esters is 1. The van der Waals surface area contributed by atoms with Gasteiger partial charge in [-0.1, -0.05) is 0 Å².